The monoisotopic (exact) mass is 493 g/mol. The molecular weight excluding hydrogens is 463 g/mol. The highest BCUT2D eigenvalue weighted by atomic mass is 19.1. The van der Waals surface area contributed by atoms with Crippen molar-refractivity contribution in [2.75, 3.05) is 28.7 Å². The number of halogens is 3. The molecule has 1 aliphatic carbocycles. The minimum atomic E-state index is -1.29. The number of benzene rings is 2. The van der Waals surface area contributed by atoms with Crippen LogP contribution >= 0.6 is 0 Å². The Balaban J connectivity index is 1.97. The molecule has 0 heterocycles. The Hall–Kier alpha value is -3.43. The number of carbonyl (C=O) groups excluding carboxylic acids is 1. The van der Waals surface area contributed by atoms with Crippen molar-refractivity contribution in [2.45, 2.75) is 52.0 Å². The number of ether oxygens (including phenoxy) is 1. The summed E-state index contributed by atoms with van der Waals surface area (Å²) in [7, 11) is 0. The van der Waals surface area contributed by atoms with Crippen LogP contribution in [-0.4, -0.2) is 36.3 Å². The largest absolute Gasteiger partial charge is 0.479 e. The highest BCUT2D eigenvalue weighted by Crippen LogP contribution is 2.37. The van der Waals surface area contributed by atoms with Crippen molar-refractivity contribution >= 4 is 29.1 Å². The molecule has 190 valence electrons. The van der Waals surface area contributed by atoms with Crippen LogP contribution in [-0.2, 0) is 4.79 Å². The van der Waals surface area contributed by atoms with Crippen LogP contribution in [0, 0.1) is 23.4 Å². The molecule has 0 unspecified atom stereocenters. The maximum absolute atomic E-state index is 15.0. The Morgan fingerprint density at radius 3 is 2.37 bits per heavy atom. The van der Waals surface area contributed by atoms with Crippen molar-refractivity contribution in [1.82, 2.24) is 0 Å². The summed E-state index contributed by atoms with van der Waals surface area (Å²) in [6.45, 7) is 3.88. The third-order valence-electron chi connectivity index (χ3n) is 5.71. The number of carboxylic acid groups (broad SMARTS) is 1. The predicted octanol–water partition coefficient (Wildman–Crippen LogP) is 6.01. The third-order valence-corrected chi connectivity index (χ3v) is 5.71. The van der Waals surface area contributed by atoms with Gasteiger partial charge >= 0.3 is 12.0 Å². The van der Waals surface area contributed by atoms with Crippen molar-refractivity contribution in [2.24, 2.45) is 5.92 Å². The summed E-state index contributed by atoms with van der Waals surface area (Å²) in [5.41, 5.74) is 0.202. The Kier molecular flexibility index (Phi) is 8.84. The van der Waals surface area contributed by atoms with E-state index in [2.05, 4.69) is 10.6 Å². The van der Waals surface area contributed by atoms with E-state index in [4.69, 9.17) is 9.84 Å². The van der Waals surface area contributed by atoms with E-state index in [0.717, 1.165) is 50.3 Å². The van der Waals surface area contributed by atoms with Gasteiger partial charge in [0.05, 0.1) is 17.1 Å². The number of nitrogens with zero attached hydrogens (tertiary/aromatic N) is 1. The second kappa shape index (κ2) is 11.8. The molecule has 2 amide bonds. The van der Waals surface area contributed by atoms with Crippen LogP contribution in [0.4, 0.5) is 35.0 Å². The van der Waals surface area contributed by atoms with E-state index in [-0.39, 0.29) is 29.1 Å². The summed E-state index contributed by atoms with van der Waals surface area (Å²) in [4.78, 5) is 25.7. The van der Waals surface area contributed by atoms with Gasteiger partial charge in [0.1, 0.15) is 11.6 Å². The van der Waals surface area contributed by atoms with Crippen LogP contribution in [0.1, 0.15) is 46.0 Å². The number of carbonyl (C=O) groups is 2. The number of urea groups is 1. The van der Waals surface area contributed by atoms with E-state index in [1.165, 1.54) is 12.1 Å². The van der Waals surface area contributed by atoms with Crippen molar-refractivity contribution in [1.29, 1.82) is 0 Å². The number of carboxylic acids is 1. The van der Waals surface area contributed by atoms with Crippen molar-refractivity contribution in [3.05, 3.63) is 47.8 Å². The number of nitrogens with one attached hydrogen (secondary N) is 2. The van der Waals surface area contributed by atoms with E-state index in [9.17, 15) is 22.8 Å². The molecule has 0 aromatic heterocycles. The van der Waals surface area contributed by atoms with Crippen LogP contribution in [0.3, 0.4) is 0 Å². The molecule has 0 atom stereocenters. The van der Waals surface area contributed by atoms with Gasteiger partial charge in [-0.15, -0.1) is 0 Å². The van der Waals surface area contributed by atoms with Gasteiger partial charge in [-0.2, -0.15) is 0 Å². The Bertz CT molecular complexity index is 1060. The second-order valence-electron chi connectivity index (χ2n) is 9.02. The summed E-state index contributed by atoms with van der Waals surface area (Å²) in [6, 6.07) is 4.34. The first-order valence-electron chi connectivity index (χ1n) is 11.6. The van der Waals surface area contributed by atoms with Crippen LogP contribution in [0.2, 0.25) is 0 Å². The molecule has 3 N–H and O–H groups in total. The van der Waals surface area contributed by atoms with E-state index in [1.54, 1.807) is 0 Å². The molecule has 1 fully saturated rings. The SMILES string of the molecule is CC(C)CN(c1cc(F)c(OCC(=O)O)cc1NC(=O)Nc1cc(F)ccc1F)C1CCCCC1. The quantitative estimate of drug-likeness (QED) is 0.398. The molecule has 0 radical (unpaired) electrons. The Morgan fingerprint density at radius 1 is 1.03 bits per heavy atom. The minimum absolute atomic E-state index is 0.126. The van der Waals surface area contributed by atoms with Crippen molar-refractivity contribution in [3.63, 3.8) is 0 Å². The topological polar surface area (TPSA) is 90.9 Å². The van der Waals surface area contributed by atoms with Crippen LogP contribution < -0.4 is 20.3 Å². The molecule has 1 aliphatic rings. The number of amides is 2. The summed E-state index contributed by atoms with van der Waals surface area (Å²) in [5, 5.41) is 13.7. The molecule has 0 aliphatic heterocycles. The predicted molar refractivity (Wildman–Crippen MR) is 128 cm³/mol. The first kappa shape index (κ1) is 26.2. The highest BCUT2D eigenvalue weighted by Gasteiger charge is 2.26. The van der Waals surface area contributed by atoms with Gasteiger partial charge in [-0.3, -0.25) is 0 Å². The van der Waals surface area contributed by atoms with E-state index in [0.29, 0.717) is 12.2 Å². The smallest absolute Gasteiger partial charge is 0.341 e. The lowest BCUT2D eigenvalue weighted by molar-refractivity contribution is -0.139. The lowest BCUT2D eigenvalue weighted by atomic mass is 9.93. The van der Waals surface area contributed by atoms with Crippen molar-refractivity contribution < 1.29 is 32.6 Å². The average Bonchev–Trinajstić information content (AvgIpc) is 2.80. The number of anilines is 3. The fourth-order valence-corrected chi connectivity index (χ4v) is 4.23. The Morgan fingerprint density at radius 2 is 1.71 bits per heavy atom. The molecule has 0 saturated heterocycles. The first-order chi connectivity index (χ1) is 16.6. The molecule has 1 saturated carbocycles. The van der Waals surface area contributed by atoms with Crippen LogP contribution in [0.25, 0.3) is 0 Å². The van der Waals surface area contributed by atoms with Crippen LogP contribution in [0.5, 0.6) is 5.75 Å². The third kappa shape index (κ3) is 7.27. The molecular formula is C25H30F3N3O4. The molecule has 2 aromatic carbocycles. The number of hydrogen-bond donors (Lipinski definition) is 3. The lowest BCUT2D eigenvalue weighted by Crippen LogP contribution is -2.40. The maximum atomic E-state index is 15.0. The van der Waals surface area contributed by atoms with Gasteiger partial charge in [0.25, 0.3) is 0 Å². The van der Waals surface area contributed by atoms with Gasteiger partial charge in [0.15, 0.2) is 18.2 Å². The second-order valence-corrected chi connectivity index (χ2v) is 9.02. The normalized spacial score (nSPS) is 14.0. The molecule has 2 aromatic rings. The van der Waals surface area contributed by atoms with Gasteiger partial charge in [-0.25, -0.2) is 22.8 Å². The molecule has 0 spiro atoms. The molecule has 7 nitrogen and oxygen atoms in total. The first-order valence-corrected chi connectivity index (χ1v) is 11.6. The van der Waals surface area contributed by atoms with Gasteiger partial charge in [0, 0.05) is 30.8 Å². The van der Waals surface area contributed by atoms with Crippen molar-refractivity contribution in [3.8, 4) is 5.75 Å². The molecule has 3 rings (SSSR count). The maximum Gasteiger partial charge on any atom is 0.341 e. The molecule has 35 heavy (non-hydrogen) atoms. The minimum Gasteiger partial charge on any atom is -0.479 e. The number of hydrogen-bond acceptors (Lipinski definition) is 4. The summed E-state index contributed by atoms with van der Waals surface area (Å²) < 4.78 is 47.6. The molecule has 10 heteroatoms. The Labute approximate surface area is 202 Å². The van der Waals surface area contributed by atoms with Crippen LogP contribution in [0.15, 0.2) is 30.3 Å². The highest BCUT2D eigenvalue weighted by molar-refractivity contribution is 6.02. The van der Waals surface area contributed by atoms with Gasteiger partial charge in [0.2, 0.25) is 0 Å². The zero-order valence-electron chi connectivity index (χ0n) is 19.7. The lowest BCUT2D eigenvalue weighted by Gasteiger charge is -2.38. The number of rotatable bonds is 9. The fourth-order valence-electron chi connectivity index (χ4n) is 4.23. The standard InChI is InChI=1S/C25H30F3N3O4/c1-15(2)13-31(17-6-4-3-5-7-17)22-11-19(28)23(35-14-24(32)33)12-21(22)30-25(34)29-20-10-16(26)8-9-18(20)27/h8-12,15,17H,3-7,13-14H2,1-2H3,(H,32,33)(H2,29,30,34). The molecule has 0 bridgehead atoms. The van der Waals surface area contributed by atoms with E-state index in [1.807, 2.05) is 18.7 Å². The average molecular weight is 494 g/mol. The zero-order valence-corrected chi connectivity index (χ0v) is 19.7. The zero-order chi connectivity index (χ0) is 25.5. The van der Waals surface area contributed by atoms with Gasteiger partial charge in [-0.1, -0.05) is 33.1 Å². The van der Waals surface area contributed by atoms with Gasteiger partial charge < -0.3 is 25.4 Å². The summed E-state index contributed by atoms with van der Waals surface area (Å²) in [6.07, 6.45) is 5.00. The number of aliphatic carboxylic acids is 1. The summed E-state index contributed by atoms with van der Waals surface area (Å²) in [5.74, 6) is -3.73. The van der Waals surface area contributed by atoms with E-state index >= 15 is 0 Å². The fraction of sp³-hybridized carbons (Fsp3) is 0.440. The summed E-state index contributed by atoms with van der Waals surface area (Å²) >= 11 is 0. The van der Waals surface area contributed by atoms with Gasteiger partial charge in [-0.05, 0) is 30.9 Å². The van der Waals surface area contributed by atoms with E-state index < -0.39 is 36.1 Å².